The highest BCUT2D eigenvalue weighted by Crippen LogP contribution is 2.27. The number of aliphatic carboxylic acids is 1. The lowest BCUT2D eigenvalue weighted by molar-refractivity contribution is -0.138. The number of rotatable bonds is 7. The maximum absolute atomic E-state index is 13.8. The highest BCUT2D eigenvalue weighted by atomic mass is 19.1. The fourth-order valence-electron chi connectivity index (χ4n) is 2.49. The normalized spacial score (nSPS) is 12.0. The SMILES string of the molecule is CCCOc1ccc(C(Cc2ccccc2F)C(=O)O)cc1C. The van der Waals surface area contributed by atoms with E-state index in [-0.39, 0.29) is 12.2 Å². The van der Waals surface area contributed by atoms with Gasteiger partial charge >= 0.3 is 5.97 Å². The Hall–Kier alpha value is -2.36. The number of halogens is 1. The summed E-state index contributed by atoms with van der Waals surface area (Å²) in [6.07, 6.45) is 1.03. The Labute approximate surface area is 135 Å². The zero-order valence-electron chi connectivity index (χ0n) is 13.4. The number of hydrogen-bond donors (Lipinski definition) is 1. The van der Waals surface area contributed by atoms with Crippen molar-refractivity contribution in [1.29, 1.82) is 0 Å². The minimum atomic E-state index is -0.963. The second-order valence-corrected chi connectivity index (χ2v) is 5.56. The Morgan fingerprint density at radius 3 is 2.61 bits per heavy atom. The van der Waals surface area contributed by atoms with Crippen LogP contribution in [0.3, 0.4) is 0 Å². The van der Waals surface area contributed by atoms with Gasteiger partial charge in [-0.1, -0.05) is 37.3 Å². The van der Waals surface area contributed by atoms with E-state index in [9.17, 15) is 14.3 Å². The van der Waals surface area contributed by atoms with Crippen molar-refractivity contribution in [1.82, 2.24) is 0 Å². The molecule has 0 saturated carbocycles. The second kappa shape index (κ2) is 7.77. The first-order valence-corrected chi connectivity index (χ1v) is 7.72. The van der Waals surface area contributed by atoms with Gasteiger partial charge in [0.1, 0.15) is 11.6 Å². The molecule has 1 atom stereocenters. The van der Waals surface area contributed by atoms with Crippen molar-refractivity contribution in [3.05, 3.63) is 65.0 Å². The standard InChI is InChI=1S/C19H21FO3/c1-3-10-23-18-9-8-14(11-13(18)2)16(19(21)22)12-15-6-4-5-7-17(15)20/h4-9,11,16H,3,10,12H2,1-2H3,(H,21,22). The van der Waals surface area contributed by atoms with E-state index in [1.54, 1.807) is 30.3 Å². The fraction of sp³-hybridized carbons (Fsp3) is 0.316. The van der Waals surface area contributed by atoms with Crippen LogP contribution in [0.2, 0.25) is 0 Å². The highest BCUT2D eigenvalue weighted by Gasteiger charge is 2.22. The van der Waals surface area contributed by atoms with E-state index in [0.717, 1.165) is 17.7 Å². The fourth-order valence-corrected chi connectivity index (χ4v) is 2.49. The molecule has 122 valence electrons. The summed E-state index contributed by atoms with van der Waals surface area (Å²) in [5.74, 6) is -1.37. The van der Waals surface area contributed by atoms with E-state index in [2.05, 4.69) is 0 Å². The van der Waals surface area contributed by atoms with Gasteiger partial charge in [-0.3, -0.25) is 4.79 Å². The van der Waals surface area contributed by atoms with Crippen LogP contribution < -0.4 is 4.74 Å². The summed E-state index contributed by atoms with van der Waals surface area (Å²) < 4.78 is 19.4. The minimum absolute atomic E-state index is 0.122. The zero-order chi connectivity index (χ0) is 16.8. The maximum Gasteiger partial charge on any atom is 0.311 e. The second-order valence-electron chi connectivity index (χ2n) is 5.56. The number of carboxylic acids is 1. The molecule has 1 unspecified atom stereocenters. The molecule has 2 aromatic rings. The molecule has 2 rings (SSSR count). The third kappa shape index (κ3) is 4.31. The number of ether oxygens (including phenoxy) is 1. The van der Waals surface area contributed by atoms with Crippen LogP contribution in [0.4, 0.5) is 4.39 Å². The lowest BCUT2D eigenvalue weighted by Gasteiger charge is -2.16. The molecule has 0 aliphatic heterocycles. The monoisotopic (exact) mass is 316 g/mol. The van der Waals surface area contributed by atoms with Crippen LogP contribution in [0.25, 0.3) is 0 Å². The molecular formula is C19H21FO3. The van der Waals surface area contributed by atoms with Crippen molar-refractivity contribution in [3.63, 3.8) is 0 Å². The van der Waals surface area contributed by atoms with Gasteiger partial charge in [-0.25, -0.2) is 4.39 Å². The summed E-state index contributed by atoms with van der Waals surface area (Å²) in [7, 11) is 0. The molecule has 0 saturated heterocycles. The van der Waals surface area contributed by atoms with Gasteiger partial charge in [0.25, 0.3) is 0 Å². The first-order chi connectivity index (χ1) is 11.0. The van der Waals surface area contributed by atoms with Crippen molar-refractivity contribution in [2.45, 2.75) is 32.6 Å². The summed E-state index contributed by atoms with van der Waals surface area (Å²) in [5.41, 5.74) is 1.95. The van der Waals surface area contributed by atoms with Crippen LogP contribution in [-0.2, 0) is 11.2 Å². The van der Waals surface area contributed by atoms with Gasteiger partial charge in [0, 0.05) is 0 Å². The Bertz CT molecular complexity index is 682. The molecule has 0 fully saturated rings. The molecular weight excluding hydrogens is 295 g/mol. The van der Waals surface area contributed by atoms with Gasteiger partial charge in [-0.15, -0.1) is 0 Å². The predicted molar refractivity (Wildman–Crippen MR) is 87.4 cm³/mol. The first-order valence-electron chi connectivity index (χ1n) is 7.72. The van der Waals surface area contributed by atoms with Gasteiger partial charge < -0.3 is 9.84 Å². The predicted octanol–water partition coefficient (Wildman–Crippen LogP) is 4.33. The smallest absolute Gasteiger partial charge is 0.311 e. The molecule has 0 bridgehead atoms. The third-order valence-corrected chi connectivity index (χ3v) is 3.74. The van der Waals surface area contributed by atoms with Crippen molar-refractivity contribution in [2.24, 2.45) is 0 Å². The van der Waals surface area contributed by atoms with E-state index in [1.807, 2.05) is 19.9 Å². The molecule has 0 radical (unpaired) electrons. The lowest BCUT2D eigenvalue weighted by Crippen LogP contribution is -2.15. The number of carbonyl (C=O) groups is 1. The van der Waals surface area contributed by atoms with E-state index in [0.29, 0.717) is 17.7 Å². The molecule has 0 aromatic heterocycles. The number of hydrogen-bond acceptors (Lipinski definition) is 2. The summed E-state index contributed by atoms with van der Waals surface area (Å²) in [6, 6.07) is 11.6. The minimum Gasteiger partial charge on any atom is -0.493 e. The Morgan fingerprint density at radius 1 is 1.26 bits per heavy atom. The van der Waals surface area contributed by atoms with Crippen molar-refractivity contribution < 1.29 is 19.0 Å². The maximum atomic E-state index is 13.8. The van der Waals surface area contributed by atoms with Crippen LogP contribution >= 0.6 is 0 Å². The van der Waals surface area contributed by atoms with Gasteiger partial charge in [-0.2, -0.15) is 0 Å². The Balaban J connectivity index is 2.26. The van der Waals surface area contributed by atoms with Crippen LogP contribution in [0.15, 0.2) is 42.5 Å². The zero-order valence-corrected chi connectivity index (χ0v) is 13.4. The van der Waals surface area contributed by atoms with Gasteiger partial charge in [-0.05, 0) is 48.6 Å². The molecule has 23 heavy (non-hydrogen) atoms. The molecule has 3 nitrogen and oxygen atoms in total. The number of aryl methyl sites for hydroxylation is 1. The lowest BCUT2D eigenvalue weighted by atomic mass is 9.91. The quantitative estimate of drug-likeness (QED) is 0.827. The topological polar surface area (TPSA) is 46.5 Å². The Morgan fingerprint density at radius 2 is 2.00 bits per heavy atom. The van der Waals surface area contributed by atoms with E-state index >= 15 is 0 Å². The van der Waals surface area contributed by atoms with Gasteiger partial charge in [0.05, 0.1) is 12.5 Å². The summed E-state index contributed by atoms with van der Waals surface area (Å²) >= 11 is 0. The van der Waals surface area contributed by atoms with Gasteiger partial charge in [0.2, 0.25) is 0 Å². The van der Waals surface area contributed by atoms with Crippen molar-refractivity contribution in [2.75, 3.05) is 6.61 Å². The van der Waals surface area contributed by atoms with Crippen LogP contribution in [-0.4, -0.2) is 17.7 Å². The largest absolute Gasteiger partial charge is 0.493 e. The molecule has 2 aromatic carbocycles. The molecule has 4 heteroatoms. The van der Waals surface area contributed by atoms with E-state index in [1.165, 1.54) is 6.07 Å². The number of carboxylic acid groups (broad SMARTS) is 1. The molecule has 0 heterocycles. The summed E-state index contributed by atoms with van der Waals surface area (Å²) in [5, 5.41) is 9.53. The highest BCUT2D eigenvalue weighted by molar-refractivity contribution is 5.76. The number of benzene rings is 2. The summed E-state index contributed by atoms with van der Waals surface area (Å²) in [4.78, 5) is 11.6. The first kappa shape index (κ1) is 17.0. The van der Waals surface area contributed by atoms with Crippen molar-refractivity contribution in [3.8, 4) is 5.75 Å². The average molecular weight is 316 g/mol. The van der Waals surface area contributed by atoms with Crippen LogP contribution in [0, 0.1) is 12.7 Å². The van der Waals surface area contributed by atoms with Crippen LogP contribution in [0.5, 0.6) is 5.75 Å². The molecule has 1 N–H and O–H groups in total. The Kier molecular flexibility index (Phi) is 5.74. The molecule has 0 spiro atoms. The van der Waals surface area contributed by atoms with E-state index < -0.39 is 11.9 Å². The third-order valence-electron chi connectivity index (χ3n) is 3.74. The van der Waals surface area contributed by atoms with Gasteiger partial charge in [0.15, 0.2) is 0 Å². The molecule has 0 aliphatic rings. The van der Waals surface area contributed by atoms with Crippen molar-refractivity contribution >= 4 is 5.97 Å². The summed E-state index contributed by atoms with van der Waals surface area (Å²) in [6.45, 7) is 4.53. The molecule has 0 aliphatic carbocycles. The average Bonchev–Trinajstić information content (AvgIpc) is 2.52. The van der Waals surface area contributed by atoms with Crippen LogP contribution in [0.1, 0.15) is 36.0 Å². The van der Waals surface area contributed by atoms with E-state index in [4.69, 9.17) is 4.74 Å². The molecule has 0 amide bonds.